The molecule has 0 fully saturated rings. The third-order valence-corrected chi connectivity index (χ3v) is 4.55. The zero-order valence-corrected chi connectivity index (χ0v) is 13.4. The first kappa shape index (κ1) is 14.6. The molecule has 17 heavy (non-hydrogen) atoms. The van der Waals surface area contributed by atoms with Gasteiger partial charge in [0.15, 0.2) is 5.78 Å². The quantitative estimate of drug-likeness (QED) is 0.459. The molecule has 1 aromatic rings. The lowest BCUT2D eigenvalue weighted by Crippen LogP contribution is -2.22. The van der Waals surface area contributed by atoms with E-state index in [9.17, 15) is 4.79 Å². The van der Waals surface area contributed by atoms with E-state index in [4.69, 9.17) is 4.74 Å². The average Bonchev–Trinajstić information content (AvgIpc) is 2.53. The van der Waals surface area contributed by atoms with Crippen LogP contribution in [0.25, 0.3) is 0 Å². The topological polar surface area (TPSA) is 44.1 Å². The second kappa shape index (κ2) is 5.93. The van der Waals surface area contributed by atoms with E-state index in [2.05, 4.69) is 40.7 Å². The van der Waals surface area contributed by atoms with Gasteiger partial charge in [0, 0.05) is 27.8 Å². The van der Waals surface area contributed by atoms with Crippen molar-refractivity contribution >= 4 is 29.8 Å². The molecule has 0 aliphatic carbocycles. The Kier molecular flexibility index (Phi) is 5.09. The lowest BCUT2D eigenvalue weighted by atomic mass is 10.3. The van der Waals surface area contributed by atoms with Gasteiger partial charge in [-0.1, -0.05) is 19.6 Å². The van der Waals surface area contributed by atoms with Gasteiger partial charge < -0.3 is 4.74 Å². The number of ketones is 1. The standard InChI is InChI=1S/C11H19BrN2O2Si/c1-9(15)11-10(12)7-14(13-11)8-16-5-6-17(2,3)4/h7H,5-6,8H2,1-4H3. The first-order valence-corrected chi connectivity index (χ1v) is 10.1. The molecule has 96 valence electrons. The molecule has 0 bridgehead atoms. The molecule has 0 aromatic carbocycles. The summed E-state index contributed by atoms with van der Waals surface area (Å²) in [6.45, 7) is 9.60. The van der Waals surface area contributed by atoms with Gasteiger partial charge in [-0.3, -0.25) is 4.79 Å². The molecule has 0 unspecified atom stereocenters. The summed E-state index contributed by atoms with van der Waals surface area (Å²) in [6.07, 6.45) is 1.77. The number of hydrogen-bond donors (Lipinski definition) is 0. The molecule has 0 aliphatic rings. The highest BCUT2D eigenvalue weighted by Gasteiger charge is 2.13. The van der Waals surface area contributed by atoms with Crippen molar-refractivity contribution in [3.63, 3.8) is 0 Å². The zero-order valence-electron chi connectivity index (χ0n) is 10.8. The highest BCUT2D eigenvalue weighted by molar-refractivity contribution is 9.10. The van der Waals surface area contributed by atoms with E-state index in [1.54, 1.807) is 10.9 Å². The van der Waals surface area contributed by atoms with Gasteiger partial charge in [0.1, 0.15) is 12.4 Å². The molecule has 0 saturated heterocycles. The maximum atomic E-state index is 11.2. The smallest absolute Gasteiger partial charge is 0.181 e. The van der Waals surface area contributed by atoms with Gasteiger partial charge >= 0.3 is 0 Å². The van der Waals surface area contributed by atoms with Gasteiger partial charge in [0.25, 0.3) is 0 Å². The fourth-order valence-corrected chi connectivity index (χ4v) is 2.59. The Labute approximate surface area is 111 Å². The van der Waals surface area contributed by atoms with Crippen LogP contribution in [-0.2, 0) is 11.5 Å². The molecule has 4 nitrogen and oxygen atoms in total. The minimum absolute atomic E-state index is 0.0438. The normalized spacial score (nSPS) is 11.8. The summed E-state index contributed by atoms with van der Waals surface area (Å²) >= 11 is 3.31. The molecular weight excluding hydrogens is 300 g/mol. The van der Waals surface area contributed by atoms with Gasteiger partial charge in [0.05, 0.1) is 4.47 Å². The molecule has 0 amide bonds. The van der Waals surface area contributed by atoms with E-state index in [1.165, 1.54) is 6.92 Å². The second-order valence-corrected chi connectivity index (χ2v) is 11.7. The van der Waals surface area contributed by atoms with Crippen LogP contribution < -0.4 is 0 Å². The fourth-order valence-electron chi connectivity index (χ4n) is 1.24. The monoisotopic (exact) mass is 318 g/mol. The van der Waals surface area contributed by atoms with Crippen LogP contribution in [0.1, 0.15) is 17.4 Å². The first-order valence-electron chi connectivity index (χ1n) is 5.61. The first-order chi connectivity index (χ1) is 7.79. The molecule has 1 rings (SSSR count). The lowest BCUT2D eigenvalue weighted by Gasteiger charge is -2.15. The van der Waals surface area contributed by atoms with Gasteiger partial charge in [-0.15, -0.1) is 0 Å². The molecule has 0 radical (unpaired) electrons. The molecule has 1 aromatic heterocycles. The molecule has 0 atom stereocenters. The van der Waals surface area contributed by atoms with Crippen LogP contribution in [0, 0.1) is 0 Å². The summed E-state index contributed by atoms with van der Waals surface area (Å²) in [5.74, 6) is -0.0438. The Balaban J connectivity index is 2.43. The van der Waals surface area contributed by atoms with Gasteiger partial charge in [0.2, 0.25) is 0 Å². The van der Waals surface area contributed by atoms with Crippen molar-refractivity contribution in [3.8, 4) is 0 Å². The third-order valence-electron chi connectivity index (χ3n) is 2.27. The van der Waals surface area contributed by atoms with Crippen LogP contribution in [0.4, 0.5) is 0 Å². The van der Waals surface area contributed by atoms with Crippen LogP contribution in [0.2, 0.25) is 25.7 Å². The molecule has 0 aliphatic heterocycles. The number of halogens is 1. The fraction of sp³-hybridized carbons (Fsp3) is 0.636. The number of Topliss-reactive ketones (excluding diaryl/α,β-unsaturated/α-hetero) is 1. The highest BCUT2D eigenvalue weighted by Crippen LogP contribution is 2.15. The SMILES string of the molecule is CC(=O)c1nn(COCC[Si](C)(C)C)cc1Br. The number of carbonyl (C=O) groups is 1. The van der Waals surface area contributed by atoms with Gasteiger partial charge in [-0.05, 0) is 22.0 Å². The van der Waals surface area contributed by atoms with E-state index in [1.807, 2.05) is 0 Å². The molecular formula is C11H19BrN2O2Si. The van der Waals surface area contributed by atoms with Crippen molar-refractivity contribution in [2.45, 2.75) is 39.3 Å². The lowest BCUT2D eigenvalue weighted by molar-refractivity contribution is 0.0779. The number of rotatable bonds is 6. The van der Waals surface area contributed by atoms with Crippen molar-refractivity contribution in [3.05, 3.63) is 16.4 Å². The van der Waals surface area contributed by atoms with Crippen molar-refractivity contribution in [1.82, 2.24) is 9.78 Å². The van der Waals surface area contributed by atoms with E-state index >= 15 is 0 Å². The average molecular weight is 319 g/mol. The summed E-state index contributed by atoms with van der Waals surface area (Å²) in [6, 6.07) is 1.13. The van der Waals surface area contributed by atoms with Crippen molar-refractivity contribution in [2.24, 2.45) is 0 Å². The summed E-state index contributed by atoms with van der Waals surface area (Å²) in [4.78, 5) is 11.2. The van der Waals surface area contributed by atoms with Crippen LogP contribution in [0.15, 0.2) is 10.7 Å². The summed E-state index contributed by atoms with van der Waals surface area (Å²) in [5.41, 5.74) is 0.457. The molecule has 1 heterocycles. The summed E-state index contributed by atoms with van der Waals surface area (Å²) in [5, 5.41) is 4.15. The van der Waals surface area contributed by atoms with Crippen molar-refractivity contribution in [1.29, 1.82) is 0 Å². The van der Waals surface area contributed by atoms with Crippen molar-refractivity contribution in [2.75, 3.05) is 6.61 Å². The Morgan fingerprint density at radius 2 is 2.18 bits per heavy atom. The predicted octanol–water partition coefficient (Wildman–Crippen LogP) is 3.16. The molecule has 0 N–H and O–H groups in total. The predicted molar refractivity (Wildman–Crippen MR) is 74.0 cm³/mol. The zero-order chi connectivity index (χ0) is 13.1. The van der Waals surface area contributed by atoms with Gasteiger partial charge in [-0.25, -0.2) is 4.68 Å². The van der Waals surface area contributed by atoms with E-state index in [-0.39, 0.29) is 5.78 Å². The maximum absolute atomic E-state index is 11.2. The minimum Gasteiger partial charge on any atom is -0.360 e. The Morgan fingerprint density at radius 1 is 1.53 bits per heavy atom. The maximum Gasteiger partial charge on any atom is 0.181 e. The van der Waals surface area contributed by atoms with Crippen LogP contribution >= 0.6 is 15.9 Å². The molecule has 6 heteroatoms. The number of nitrogens with zero attached hydrogens (tertiary/aromatic N) is 2. The number of aromatic nitrogens is 2. The Morgan fingerprint density at radius 3 is 2.65 bits per heavy atom. The van der Waals surface area contributed by atoms with E-state index in [0.717, 1.165) is 17.1 Å². The van der Waals surface area contributed by atoms with Crippen LogP contribution in [0.3, 0.4) is 0 Å². The largest absolute Gasteiger partial charge is 0.360 e. The molecule has 0 spiro atoms. The van der Waals surface area contributed by atoms with Crippen LogP contribution in [-0.4, -0.2) is 30.2 Å². The number of ether oxygens (including phenoxy) is 1. The van der Waals surface area contributed by atoms with Gasteiger partial charge in [-0.2, -0.15) is 5.10 Å². The minimum atomic E-state index is -1.04. The Bertz CT molecular complexity index is 399. The third kappa shape index (κ3) is 5.14. The number of hydrogen-bond acceptors (Lipinski definition) is 3. The molecule has 0 saturated carbocycles. The van der Waals surface area contributed by atoms with Crippen molar-refractivity contribution < 1.29 is 9.53 Å². The summed E-state index contributed by atoms with van der Waals surface area (Å²) < 4.78 is 7.91. The number of carbonyl (C=O) groups excluding carboxylic acids is 1. The van der Waals surface area contributed by atoms with E-state index < -0.39 is 8.07 Å². The second-order valence-electron chi connectivity index (χ2n) is 5.27. The Hall–Kier alpha value is -0.463. The van der Waals surface area contributed by atoms with E-state index in [0.29, 0.717) is 12.4 Å². The van der Waals surface area contributed by atoms with Crippen LogP contribution in [0.5, 0.6) is 0 Å². The highest BCUT2D eigenvalue weighted by atomic mass is 79.9. The summed E-state index contributed by atoms with van der Waals surface area (Å²) in [7, 11) is -1.04.